The van der Waals surface area contributed by atoms with Gasteiger partial charge in [0.25, 0.3) is 6.02 Å². The molecule has 1 heterocycles. The maximum atomic E-state index is 11.7. The lowest BCUT2D eigenvalue weighted by Crippen LogP contribution is -2.35. The molecule has 10 nitrogen and oxygen atoms in total. The number of nitrogens with zero attached hydrogens (tertiary/aromatic N) is 4. The van der Waals surface area contributed by atoms with E-state index in [2.05, 4.69) is 28.5 Å². The summed E-state index contributed by atoms with van der Waals surface area (Å²) in [5, 5.41) is 0. The summed E-state index contributed by atoms with van der Waals surface area (Å²) in [6, 6.07) is 7.51. The molecule has 1 atom stereocenters. The molecule has 1 fully saturated rings. The Bertz CT molecular complexity index is 955. The van der Waals surface area contributed by atoms with Crippen LogP contribution in [0.1, 0.15) is 68.3 Å². The van der Waals surface area contributed by atoms with Crippen molar-refractivity contribution in [2.24, 2.45) is 27.4 Å². The summed E-state index contributed by atoms with van der Waals surface area (Å²) in [6.07, 6.45) is 7.31. The topological polar surface area (TPSA) is 128 Å². The Hall–Kier alpha value is -2.95. The number of benzene rings is 1. The van der Waals surface area contributed by atoms with Gasteiger partial charge in [-0.05, 0) is 95.4 Å². The molecular formula is C30H50N6O4. The van der Waals surface area contributed by atoms with Crippen LogP contribution in [0, 0.1) is 5.92 Å². The number of carbonyl (C=O) groups excluding carboxylic acids is 1. The number of rotatable bonds is 17. The third-order valence-corrected chi connectivity index (χ3v) is 7.14. The Morgan fingerprint density at radius 1 is 1.18 bits per heavy atom. The lowest BCUT2D eigenvalue weighted by atomic mass is 9.90. The van der Waals surface area contributed by atoms with Crippen LogP contribution in [-0.2, 0) is 20.6 Å². The number of unbranched alkanes of at least 4 members (excludes halogenated alkanes) is 2. The van der Waals surface area contributed by atoms with Gasteiger partial charge >= 0.3 is 5.97 Å². The fourth-order valence-corrected chi connectivity index (χ4v) is 4.83. The first-order chi connectivity index (χ1) is 19.3. The van der Waals surface area contributed by atoms with Crippen LogP contribution < -0.4 is 11.5 Å². The molecule has 1 aliphatic rings. The molecule has 0 spiro atoms. The second-order valence-corrected chi connectivity index (χ2v) is 10.4. The standard InChI is InChI=1S/C30H50N6O4/c1-6-7-20-40-30(32)34-28(27(33-3)23(2)31)36(22-38-4)17-9-8-16-35-18-14-25(15-19-35)21-24-10-12-26(13-11-24)29(37)39-5/h10-13,23,25H,3,6-9,14-22,31H2,1-2,4-5H3,(H2,32,34)/b28-27-. The molecule has 40 heavy (non-hydrogen) atoms. The van der Waals surface area contributed by atoms with E-state index >= 15 is 0 Å². The van der Waals surface area contributed by atoms with E-state index in [4.69, 9.17) is 25.7 Å². The summed E-state index contributed by atoms with van der Waals surface area (Å²) < 4.78 is 15.8. The fraction of sp³-hybridized carbons (Fsp3) is 0.633. The molecule has 1 aliphatic heterocycles. The van der Waals surface area contributed by atoms with Crippen molar-refractivity contribution in [2.45, 2.75) is 64.8 Å². The molecule has 0 aliphatic carbocycles. The fourth-order valence-electron chi connectivity index (χ4n) is 4.83. The maximum absolute atomic E-state index is 11.7. The van der Waals surface area contributed by atoms with Crippen molar-refractivity contribution in [1.82, 2.24) is 9.80 Å². The van der Waals surface area contributed by atoms with Crippen molar-refractivity contribution in [3.8, 4) is 0 Å². The Balaban J connectivity index is 1.87. The molecule has 224 valence electrons. The summed E-state index contributed by atoms with van der Waals surface area (Å²) in [5.74, 6) is 0.912. The lowest BCUT2D eigenvalue weighted by molar-refractivity contribution is 0.0600. The molecule has 10 heteroatoms. The number of piperidine rings is 1. The second-order valence-electron chi connectivity index (χ2n) is 10.4. The summed E-state index contributed by atoms with van der Waals surface area (Å²) in [5.41, 5.74) is 14.7. The van der Waals surface area contributed by atoms with Crippen LogP contribution in [0.15, 0.2) is 45.8 Å². The molecular weight excluding hydrogens is 508 g/mol. The minimum Gasteiger partial charge on any atom is -0.465 e. The van der Waals surface area contributed by atoms with Crippen molar-refractivity contribution in [3.63, 3.8) is 0 Å². The van der Waals surface area contributed by atoms with E-state index in [1.54, 1.807) is 7.11 Å². The van der Waals surface area contributed by atoms with Gasteiger partial charge in [-0.25, -0.2) is 4.79 Å². The normalized spacial score (nSPS) is 16.3. The van der Waals surface area contributed by atoms with Crippen molar-refractivity contribution < 1.29 is 19.0 Å². The van der Waals surface area contributed by atoms with Gasteiger partial charge in [-0.2, -0.15) is 4.99 Å². The highest BCUT2D eigenvalue weighted by Crippen LogP contribution is 2.23. The van der Waals surface area contributed by atoms with Crippen LogP contribution in [0.25, 0.3) is 0 Å². The van der Waals surface area contributed by atoms with E-state index in [-0.39, 0.29) is 18.0 Å². The summed E-state index contributed by atoms with van der Waals surface area (Å²) >= 11 is 0. The zero-order chi connectivity index (χ0) is 29.3. The minimum atomic E-state index is -0.369. The largest absolute Gasteiger partial charge is 0.465 e. The van der Waals surface area contributed by atoms with E-state index < -0.39 is 0 Å². The summed E-state index contributed by atoms with van der Waals surface area (Å²) in [6.45, 7) is 12.5. The van der Waals surface area contributed by atoms with E-state index in [0.717, 1.165) is 58.3 Å². The summed E-state index contributed by atoms with van der Waals surface area (Å²) in [7, 11) is 3.06. The first-order valence-electron chi connectivity index (χ1n) is 14.4. The van der Waals surface area contributed by atoms with Crippen LogP contribution in [0.4, 0.5) is 0 Å². The van der Waals surface area contributed by atoms with Crippen molar-refractivity contribution in [1.29, 1.82) is 0 Å². The molecule has 0 radical (unpaired) electrons. The highest BCUT2D eigenvalue weighted by Gasteiger charge is 2.21. The van der Waals surface area contributed by atoms with Crippen LogP contribution in [0.3, 0.4) is 0 Å². The number of ether oxygens (including phenoxy) is 3. The Labute approximate surface area is 240 Å². The van der Waals surface area contributed by atoms with Crippen molar-refractivity contribution >= 4 is 18.7 Å². The third kappa shape index (κ3) is 11.3. The molecule has 1 aromatic carbocycles. The molecule has 1 saturated heterocycles. The quantitative estimate of drug-likeness (QED) is 0.0973. The lowest BCUT2D eigenvalue weighted by Gasteiger charge is -2.32. The summed E-state index contributed by atoms with van der Waals surface area (Å²) in [4.78, 5) is 24.9. The van der Waals surface area contributed by atoms with Crippen LogP contribution in [-0.4, -0.2) is 88.3 Å². The number of esters is 1. The molecule has 0 amide bonds. The SMILES string of the molecule is C=N/C(=C(/N=C(\N)OCCCC)N(CCCCN1CCC(Cc2ccc(C(=O)OC)cc2)CC1)COC)C(C)N. The van der Waals surface area contributed by atoms with E-state index in [9.17, 15) is 4.79 Å². The van der Waals surface area contributed by atoms with Gasteiger partial charge in [0.1, 0.15) is 6.73 Å². The first-order valence-corrected chi connectivity index (χ1v) is 14.4. The molecule has 1 aromatic rings. The molecule has 0 bridgehead atoms. The predicted octanol–water partition coefficient (Wildman–Crippen LogP) is 3.76. The van der Waals surface area contributed by atoms with Crippen molar-refractivity contribution in [3.05, 3.63) is 46.9 Å². The number of carbonyl (C=O) groups is 1. The average molecular weight is 559 g/mol. The van der Waals surface area contributed by atoms with Crippen LogP contribution in [0.5, 0.6) is 0 Å². The van der Waals surface area contributed by atoms with Gasteiger partial charge in [0.05, 0.1) is 25.0 Å². The minimum absolute atomic E-state index is 0.0913. The van der Waals surface area contributed by atoms with Gasteiger partial charge in [0.15, 0.2) is 5.82 Å². The monoisotopic (exact) mass is 558 g/mol. The highest BCUT2D eigenvalue weighted by atomic mass is 16.5. The Morgan fingerprint density at radius 2 is 1.88 bits per heavy atom. The van der Waals surface area contributed by atoms with Gasteiger partial charge in [0.2, 0.25) is 0 Å². The number of hydrogen-bond acceptors (Lipinski definition) is 9. The van der Waals surface area contributed by atoms with Crippen LogP contribution in [0.2, 0.25) is 0 Å². The predicted molar refractivity (Wildman–Crippen MR) is 161 cm³/mol. The number of amidine groups is 1. The van der Waals surface area contributed by atoms with E-state index in [0.29, 0.717) is 36.3 Å². The number of nitrogens with two attached hydrogens (primary N) is 2. The second kappa shape index (κ2) is 18.4. The molecule has 0 aromatic heterocycles. The zero-order valence-corrected chi connectivity index (χ0v) is 24.9. The van der Waals surface area contributed by atoms with Crippen molar-refractivity contribution in [2.75, 3.05) is 53.7 Å². The number of likely N-dealkylation sites (tertiary alicyclic amines) is 1. The molecule has 2 rings (SSSR count). The van der Waals surface area contributed by atoms with E-state index in [1.165, 1.54) is 25.5 Å². The Kier molecular flexibility index (Phi) is 15.3. The van der Waals surface area contributed by atoms with Gasteiger partial charge in [-0.3, -0.25) is 4.99 Å². The van der Waals surface area contributed by atoms with Gasteiger partial charge < -0.3 is 35.5 Å². The number of methoxy groups -OCH3 is 2. The average Bonchev–Trinajstić information content (AvgIpc) is 2.95. The third-order valence-electron chi connectivity index (χ3n) is 7.14. The molecule has 4 N–H and O–H groups in total. The maximum Gasteiger partial charge on any atom is 0.337 e. The smallest absolute Gasteiger partial charge is 0.337 e. The van der Waals surface area contributed by atoms with Crippen LogP contribution >= 0.6 is 0 Å². The zero-order valence-electron chi connectivity index (χ0n) is 24.9. The van der Waals surface area contributed by atoms with E-state index in [1.807, 2.05) is 36.1 Å². The number of hydrogen-bond donors (Lipinski definition) is 2. The molecule has 0 saturated carbocycles. The van der Waals surface area contributed by atoms with Gasteiger partial charge in [-0.15, -0.1) is 0 Å². The highest BCUT2D eigenvalue weighted by molar-refractivity contribution is 5.89. The number of aliphatic imine (C=N–C) groups is 2. The Morgan fingerprint density at radius 3 is 2.45 bits per heavy atom. The van der Waals surface area contributed by atoms with Gasteiger partial charge in [0, 0.05) is 19.7 Å². The van der Waals surface area contributed by atoms with Gasteiger partial charge in [-0.1, -0.05) is 25.5 Å². The first kappa shape index (κ1) is 33.3. The molecule has 1 unspecified atom stereocenters.